The van der Waals surface area contributed by atoms with Gasteiger partial charge >= 0.3 is 0 Å². The van der Waals surface area contributed by atoms with Gasteiger partial charge in [0.1, 0.15) is 5.82 Å². The number of halogens is 2. The summed E-state index contributed by atoms with van der Waals surface area (Å²) in [5, 5.41) is 12.5. The summed E-state index contributed by atoms with van der Waals surface area (Å²) in [7, 11) is 0. The molecule has 0 bridgehead atoms. The molecule has 0 aliphatic carbocycles. The highest BCUT2D eigenvalue weighted by Gasteiger charge is 2.34. The lowest BCUT2D eigenvalue weighted by Crippen LogP contribution is -2.36. The largest absolute Gasteiger partial charge is 0.506 e. The Kier molecular flexibility index (Phi) is 4.47. The van der Waals surface area contributed by atoms with Crippen molar-refractivity contribution in [2.24, 2.45) is 0 Å². The van der Waals surface area contributed by atoms with Crippen LogP contribution >= 0.6 is 11.6 Å². The third kappa shape index (κ3) is 3.53. The summed E-state index contributed by atoms with van der Waals surface area (Å²) in [6, 6.07) is 3.49. The number of nitrogens with one attached hydrogen (secondary N) is 1. The first-order valence-corrected chi connectivity index (χ1v) is 7.11. The topological polar surface area (TPSA) is 75.6 Å². The van der Waals surface area contributed by atoms with E-state index in [1.54, 1.807) is 13.8 Å². The van der Waals surface area contributed by atoms with Crippen LogP contribution in [0.4, 0.5) is 4.39 Å². The van der Waals surface area contributed by atoms with Crippen LogP contribution in [0.15, 0.2) is 41.5 Å². The molecule has 1 aromatic rings. The lowest BCUT2D eigenvalue weighted by Gasteiger charge is -2.31. The van der Waals surface area contributed by atoms with Crippen molar-refractivity contribution in [1.82, 2.24) is 5.32 Å². The molecule has 0 aromatic heterocycles. The van der Waals surface area contributed by atoms with Gasteiger partial charge in [0.2, 0.25) is 0 Å². The third-order valence-corrected chi connectivity index (χ3v) is 3.53. The molecule has 7 heteroatoms. The van der Waals surface area contributed by atoms with Gasteiger partial charge in [0.05, 0.1) is 10.7 Å². The van der Waals surface area contributed by atoms with E-state index in [4.69, 9.17) is 16.3 Å². The number of ketones is 1. The monoisotopic (exact) mass is 339 g/mol. The maximum Gasteiger partial charge on any atom is 0.255 e. The lowest BCUT2D eigenvalue weighted by atomic mass is 10.0. The third-order valence-electron chi connectivity index (χ3n) is 3.24. The van der Waals surface area contributed by atoms with Crippen LogP contribution in [0.3, 0.4) is 0 Å². The summed E-state index contributed by atoms with van der Waals surface area (Å²) in [6.07, 6.45) is 1.24. The van der Waals surface area contributed by atoms with Crippen LogP contribution in [0.5, 0.6) is 0 Å². The van der Waals surface area contributed by atoms with Gasteiger partial charge in [0.15, 0.2) is 22.9 Å². The maximum atomic E-state index is 13.1. The van der Waals surface area contributed by atoms with Crippen molar-refractivity contribution in [3.63, 3.8) is 0 Å². The van der Waals surface area contributed by atoms with E-state index in [2.05, 4.69) is 5.32 Å². The van der Waals surface area contributed by atoms with Gasteiger partial charge in [-0.1, -0.05) is 11.6 Å². The highest BCUT2D eigenvalue weighted by molar-refractivity contribution is 6.31. The average molecular weight is 340 g/mol. The number of ether oxygens (including phenoxy) is 1. The van der Waals surface area contributed by atoms with E-state index in [1.165, 1.54) is 25.1 Å². The van der Waals surface area contributed by atoms with E-state index in [1.807, 2.05) is 0 Å². The lowest BCUT2D eigenvalue weighted by molar-refractivity contribution is -0.119. The molecule has 1 aromatic carbocycles. The molecule has 23 heavy (non-hydrogen) atoms. The molecule has 0 spiro atoms. The van der Waals surface area contributed by atoms with Crippen LogP contribution < -0.4 is 5.32 Å². The molecule has 0 atom stereocenters. The van der Waals surface area contributed by atoms with Gasteiger partial charge < -0.3 is 15.2 Å². The predicted octanol–water partition coefficient (Wildman–Crippen LogP) is 3.26. The number of allylic oxidation sites excluding steroid dienone is 2. The zero-order valence-corrected chi connectivity index (χ0v) is 13.5. The Bertz CT molecular complexity index is 752. The Morgan fingerprint density at radius 3 is 2.57 bits per heavy atom. The Morgan fingerprint density at radius 1 is 1.35 bits per heavy atom. The molecule has 122 valence electrons. The first-order valence-electron chi connectivity index (χ1n) is 6.73. The fraction of sp³-hybridized carbons (Fsp3) is 0.250. The van der Waals surface area contributed by atoms with Crippen molar-refractivity contribution in [2.45, 2.75) is 26.4 Å². The number of hydrogen-bond acceptors (Lipinski definition) is 4. The van der Waals surface area contributed by atoms with E-state index in [-0.39, 0.29) is 33.6 Å². The molecule has 0 radical (unpaired) electrons. The van der Waals surface area contributed by atoms with E-state index in [0.29, 0.717) is 0 Å². The number of aliphatic hydroxyl groups excluding tert-OH is 1. The summed E-state index contributed by atoms with van der Waals surface area (Å²) in [5.41, 5.74) is -1.02. The van der Waals surface area contributed by atoms with Crippen LogP contribution in [0.25, 0.3) is 0 Å². The molecule has 1 amide bonds. The summed E-state index contributed by atoms with van der Waals surface area (Å²) >= 11 is 5.65. The maximum absolute atomic E-state index is 13.1. The molecular formula is C16H15ClFNO4. The molecule has 0 saturated carbocycles. The highest BCUT2D eigenvalue weighted by Crippen LogP contribution is 2.30. The van der Waals surface area contributed by atoms with E-state index < -0.39 is 17.3 Å². The Morgan fingerprint density at radius 2 is 2.00 bits per heavy atom. The van der Waals surface area contributed by atoms with E-state index in [9.17, 15) is 19.1 Å². The molecule has 0 saturated heterocycles. The van der Waals surface area contributed by atoms with Crippen LogP contribution in [0, 0.1) is 5.82 Å². The number of benzene rings is 1. The fourth-order valence-electron chi connectivity index (χ4n) is 1.98. The van der Waals surface area contributed by atoms with E-state index >= 15 is 0 Å². The van der Waals surface area contributed by atoms with Gasteiger partial charge in [-0.15, -0.1) is 0 Å². The molecular weight excluding hydrogens is 325 g/mol. The number of carbonyl (C=O) groups is 2. The highest BCUT2D eigenvalue weighted by atomic mass is 35.5. The van der Waals surface area contributed by atoms with Gasteiger partial charge in [-0.25, -0.2) is 4.39 Å². The quantitative estimate of drug-likeness (QED) is 0.886. The summed E-state index contributed by atoms with van der Waals surface area (Å²) < 4.78 is 18.5. The van der Waals surface area contributed by atoms with Gasteiger partial charge in [-0.3, -0.25) is 9.59 Å². The Labute approximate surface area is 137 Å². The van der Waals surface area contributed by atoms with Gasteiger partial charge in [0.25, 0.3) is 5.91 Å². The van der Waals surface area contributed by atoms with Crippen LogP contribution in [-0.4, -0.2) is 22.4 Å². The first kappa shape index (κ1) is 17.0. The smallest absolute Gasteiger partial charge is 0.255 e. The van der Waals surface area contributed by atoms with Gasteiger partial charge in [0, 0.05) is 18.6 Å². The number of rotatable bonds is 3. The molecule has 2 N–H and O–H groups in total. The molecule has 1 heterocycles. The van der Waals surface area contributed by atoms with Crippen molar-refractivity contribution in [2.75, 3.05) is 0 Å². The van der Waals surface area contributed by atoms with Crippen molar-refractivity contribution in [3.05, 3.63) is 57.9 Å². The van der Waals surface area contributed by atoms with Gasteiger partial charge in [-0.05, 0) is 32.0 Å². The number of amides is 1. The number of aliphatic hydroxyl groups is 1. The minimum absolute atomic E-state index is 0.0141. The SMILES string of the molecule is CC(=O)C1=CC(NC(=O)c2ccc(F)c(Cl)c2)=C(O)C(C)(C)O1. The Hall–Kier alpha value is -2.34. The van der Waals surface area contributed by atoms with Crippen molar-refractivity contribution >= 4 is 23.3 Å². The fourth-order valence-corrected chi connectivity index (χ4v) is 2.16. The van der Waals surface area contributed by atoms with Crippen molar-refractivity contribution in [3.8, 4) is 0 Å². The van der Waals surface area contributed by atoms with Crippen molar-refractivity contribution < 1.29 is 23.8 Å². The second kappa shape index (κ2) is 6.04. The summed E-state index contributed by atoms with van der Waals surface area (Å²) in [5.74, 6) is -1.81. The number of Topliss-reactive ketones (excluding diaryl/α,β-unsaturated/α-hetero) is 1. The molecule has 1 aliphatic rings. The number of carbonyl (C=O) groups excluding carboxylic acids is 2. The average Bonchev–Trinajstić information content (AvgIpc) is 2.46. The summed E-state index contributed by atoms with van der Waals surface area (Å²) in [4.78, 5) is 23.7. The van der Waals surface area contributed by atoms with Crippen LogP contribution in [-0.2, 0) is 9.53 Å². The van der Waals surface area contributed by atoms with Crippen molar-refractivity contribution in [1.29, 1.82) is 0 Å². The minimum atomic E-state index is -1.17. The molecule has 2 rings (SSSR count). The summed E-state index contributed by atoms with van der Waals surface area (Å²) in [6.45, 7) is 4.42. The predicted molar refractivity (Wildman–Crippen MR) is 82.5 cm³/mol. The minimum Gasteiger partial charge on any atom is -0.506 e. The standard InChI is InChI=1S/C16H15ClFNO4/c1-8(20)13-7-12(14(21)16(2,3)23-13)19-15(22)9-4-5-11(18)10(17)6-9/h4-7,21H,1-3H3,(H,19,22). The first-order chi connectivity index (χ1) is 10.6. The van der Waals surface area contributed by atoms with Crippen LogP contribution in [0.2, 0.25) is 5.02 Å². The molecule has 0 unspecified atom stereocenters. The number of hydrogen-bond donors (Lipinski definition) is 2. The van der Waals surface area contributed by atoms with Crippen LogP contribution in [0.1, 0.15) is 31.1 Å². The molecule has 1 aliphatic heterocycles. The second-order valence-electron chi connectivity index (χ2n) is 5.52. The normalized spacial score (nSPS) is 16.5. The molecule has 5 nitrogen and oxygen atoms in total. The Balaban J connectivity index is 2.34. The van der Waals surface area contributed by atoms with Gasteiger partial charge in [-0.2, -0.15) is 0 Å². The zero-order valence-electron chi connectivity index (χ0n) is 12.7. The van der Waals surface area contributed by atoms with E-state index in [0.717, 1.165) is 6.07 Å². The zero-order chi connectivity index (χ0) is 17.4. The second-order valence-corrected chi connectivity index (χ2v) is 5.93. The molecule has 0 fully saturated rings.